The molecule has 0 fully saturated rings. The largest absolute Gasteiger partial charge is 0.386 e. The van der Waals surface area contributed by atoms with Crippen molar-refractivity contribution in [2.75, 3.05) is 0 Å². The van der Waals surface area contributed by atoms with E-state index in [1.807, 2.05) is 38.6 Å². The normalized spacial score (nSPS) is 11.9. The zero-order valence-electron chi connectivity index (χ0n) is 19.2. The first-order chi connectivity index (χ1) is 15.1. The summed E-state index contributed by atoms with van der Waals surface area (Å²) in [6, 6.07) is 8.31. The molecule has 0 saturated carbocycles. The van der Waals surface area contributed by atoms with Crippen LogP contribution in [-0.2, 0) is 19.1 Å². The lowest BCUT2D eigenvalue weighted by atomic mass is 9.96. The van der Waals surface area contributed by atoms with E-state index in [1.54, 1.807) is 30.7 Å². The maximum absolute atomic E-state index is 13.3. The quantitative estimate of drug-likeness (QED) is 0.514. The van der Waals surface area contributed by atoms with Crippen LogP contribution in [0.1, 0.15) is 47.8 Å². The molecule has 0 bridgehead atoms. The van der Waals surface area contributed by atoms with Crippen LogP contribution in [0.25, 0.3) is 17.1 Å². The maximum Gasteiger partial charge on any atom is 0.157 e. The minimum absolute atomic E-state index is 0.265. The molecule has 4 aromatic rings. The first kappa shape index (κ1) is 21.8. The van der Waals surface area contributed by atoms with E-state index in [2.05, 4.69) is 20.2 Å². The molecule has 3 heterocycles. The molecule has 0 aliphatic heterocycles. The van der Waals surface area contributed by atoms with Gasteiger partial charge in [-0.25, -0.2) is 19.0 Å². The fourth-order valence-electron chi connectivity index (χ4n) is 4.39. The van der Waals surface area contributed by atoms with Crippen LogP contribution < -0.4 is 0 Å². The Bertz CT molecular complexity index is 1280. The fourth-order valence-corrected chi connectivity index (χ4v) is 4.39. The number of aliphatic hydroxyl groups is 1. The summed E-state index contributed by atoms with van der Waals surface area (Å²) in [5.41, 5.74) is 5.98. The number of benzene rings is 1. The first-order valence-corrected chi connectivity index (χ1v) is 10.4. The second kappa shape index (κ2) is 7.94. The Balaban J connectivity index is 1.68. The van der Waals surface area contributed by atoms with Gasteiger partial charge in [-0.1, -0.05) is 0 Å². The standard InChI is InChI=1S/C24H27FN6O/c1-14-20(29-30(6)23(14)17-7-9-18(25)10-8-17)11-19-12-21(27-13-26-19)31-16(3)22(15(2)28-31)24(4,5)32/h7-10,12-13,32H,11H2,1-6H3. The lowest BCUT2D eigenvalue weighted by molar-refractivity contribution is 0.0772. The van der Waals surface area contributed by atoms with E-state index in [0.29, 0.717) is 12.2 Å². The SMILES string of the molecule is Cc1nn(-c2cc(Cc3nn(C)c(-c4ccc(F)cc4)c3C)ncn2)c(C)c1C(C)(C)O. The van der Waals surface area contributed by atoms with Crippen LogP contribution >= 0.6 is 0 Å². The van der Waals surface area contributed by atoms with Crippen molar-refractivity contribution in [2.24, 2.45) is 7.05 Å². The molecule has 0 amide bonds. The summed E-state index contributed by atoms with van der Waals surface area (Å²) in [6.45, 7) is 9.32. The topological polar surface area (TPSA) is 81.7 Å². The molecule has 0 atom stereocenters. The highest BCUT2D eigenvalue weighted by atomic mass is 19.1. The Morgan fingerprint density at radius 1 is 1.03 bits per heavy atom. The van der Waals surface area contributed by atoms with Crippen molar-refractivity contribution < 1.29 is 9.50 Å². The van der Waals surface area contributed by atoms with E-state index in [0.717, 1.165) is 45.2 Å². The average Bonchev–Trinajstić information content (AvgIpc) is 3.17. The minimum Gasteiger partial charge on any atom is -0.386 e. The summed E-state index contributed by atoms with van der Waals surface area (Å²) in [6.07, 6.45) is 2.04. The van der Waals surface area contributed by atoms with Gasteiger partial charge in [0.05, 0.1) is 28.4 Å². The predicted octanol–water partition coefficient (Wildman–Crippen LogP) is 3.95. The van der Waals surface area contributed by atoms with Crippen molar-refractivity contribution in [1.82, 2.24) is 29.5 Å². The molecular formula is C24H27FN6O. The highest BCUT2D eigenvalue weighted by molar-refractivity contribution is 5.64. The molecule has 8 heteroatoms. The molecular weight excluding hydrogens is 407 g/mol. The van der Waals surface area contributed by atoms with Crippen LogP contribution in [-0.4, -0.2) is 34.6 Å². The van der Waals surface area contributed by atoms with Gasteiger partial charge in [-0.05, 0) is 64.4 Å². The van der Waals surface area contributed by atoms with Crippen LogP contribution in [0.3, 0.4) is 0 Å². The van der Waals surface area contributed by atoms with Crippen LogP contribution in [0.2, 0.25) is 0 Å². The Kier molecular flexibility index (Phi) is 5.42. The van der Waals surface area contributed by atoms with E-state index in [9.17, 15) is 9.50 Å². The Labute approximate surface area is 186 Å². The molecule has 1 aromatic carbocycles. The van der Waals surface area contributed by atoms with E-state index in [4.69, 9.17) is 0 Å². The second-order valence-electron chi connectivity index (χ2n) is 8.61. The number of hydrogen-bond acceptors (Lipinski definition) is 5. The van der Waals surface area contributed by atoms with Gasteiger partial charge >= 0.3 is 0 Å². The monoisotopic (exact) mass is 434 g/mol. The van der Waals surface area contributed by atoms with Crippen molar-refractivity contribution in [3.05, 3.63) is 76.4 Å². The average molecular weight is 435 g/mol. The fraction of sp³-hybridized carbons (Fsp3) is 0.333. The Hall–Kier alpha value is -3.39. The molecule has 4 rings (SSSR count). The molecule has 3 aromatic heterocycles. The van der Waals surface area contributed by atoms with Gasteiger partial charge in [-0.2, -0.15) is 10.2 Å². The van der Waals surface area contributed by atoms with Crippen LogP contribution in [0.15, 0.2) is 36.7 Å². The summed E-state index contributed by atoms with van der Waals surface area (Å²) in [5.74, 6) is 0.373. The summed E-state index contributed by atoms with van der Waals surface area (Å²) >= 11 is 0. The van der Waals surface area contributed by atoms with Gasteiger partial charge in [-0.15, -0.1) is 0 Å². The third kappa shape index (κ3) is 3.93. The zero-order chi connectivity index (χ0) is 23.2. The molecule has 7 nitrogen and oxygen atoms in total. The van der Waals surface area contributed by atoms with Gasteiger partial charge in [0.25, 0.3) is 0 Å². The lowest BCUT2D eigenvalue weighted by Crippen LogP contribution is -2.18. The van der Waals surface area contributed by atoms with Gasteiger partial charge in [0, 0.05) is 36.4 Å². The van der Waals surface area contributed by atoms with E-state index < -0.39 is 5.60 Å². The van der Waals surface area contributed by atoms with Gasteiger partial charge in [0.1, 0.15) is 12.1 Å². The number of aromatic nitrogens is 6. The number of hydrogen-bond donors (Lipinski definition) is 1. The first-order valence-electron chi connectivity index (χ1n) is 10.4. The number of aryl methyl sites for hydroxylation is 2. The molecule has 1 N–H and O–H groups in total. The van der Waals surface area contributed by atoms with E-state index in [1.165, 1.54) is 18.5 Å². The molecule has 166 valence electrons. The van der Waals surface area contributed by atoms with E-state index >= 15 is 0 Å². The van der Waals surface area contributed by atoms with Gasteiger partial charge in [-0.3, -0.25) is 4.68 Å². The lowest BCUT2D eigenvalue weighted by Gasteiger charge is -2.18. The third-order valence-electron chi connectivity index (χ3n) is 5.68. The van der Waals surface area contributed by atoms with Crippen molar-refractivity contribution in [1.29, 1.82) is 0 Å². The van der Waals surface area contributed by atoms with Gasteiger partial charge in [0.15, 0.2) is 5.82 Å². The number of rotatable bonds is 5. The van der Waals surface area contributed by atoms with Crippen molar-refractivity contribution in [2.45, 2.75) is 46.6 Å². The highest BCUT2D eigenvalue weighted by Gasteiger charge is 2.26. The third-order valence-corrected chi connectivity index (χ3v) is 5.68. The summed E-state index contributed by atoms with van der Waals surface area (Å²) < 4.78 is 16.9. The summed E-state index contributed by atoms with van der Waals surface area (Å²) in [5, 5.41) is 19.8. The van der Waals surface area contributed by atoms with Crippen LogP contribution in [0, 0.1) is 26.6 Å². The van der Waals surface area contributed by atoms with Crippen molar-refractivity contribution in [3.63, 3.8) is 0 Å². The van der Waals surface area contributed by atoms with E-state index in [-0.39, 0.29) is 5.82 Å². The van der Waals surface area contributed by atoms with Crippen LogP contribution in [0.4, 0.5) is 4.39 Å². The summed E-state index contributed by atoms with van der Waals surface area (Å²) in [4.78, 5) is 8.83. The Morgan fingerprint density at radius 3 is 2.34 bits per heavy atom. The maximum atomic E-state index is 13.3. The molecule has 0 radical (unpaired) electrons. The Morgan fingerprint density at radius 2 is 1.72 bits per heavy atom. The number of halogens is 1. The number of nitrogens with zero attached hydrogens (tertiary/aromatic N) is 6. The van der Waals surface area contributed by atoms with Gasteiger partial charge < -0.3 is 5.11 Å². The second-order valence-corrected chi connectivity index (χ2v) is 8.61. The van der Waals surface area contributed by atoms with Crippen molar-refractivity contribution in [3.8, 4) is 17.1 Å². The molecule has 0 aliphatic rings. The molecule has 0 unspecified atom stereocenters. The molecule has 0 spiro atoms. The molecule has 0 saturated heterocycles. The molecule has 32 heavy (non-hydrogen) atoms. The minimum atomic E-state index is -0.996. The smallest absolute Gasteiger partial charge is 0.157 e. The van der Waals surface area contributed by atoms with Crippen molar-refractivity contribution >= 4 is 0 Å². The highest BCUT2D eigenvalue weighted by Crippen LogP contribution is 2.29. The summed E-state index contributed by atoms with van der Waals surface area (Å²) in [7, 11) is 1.88. The zero-order valence-corrected chi connectivity index (χ0v) is 19.2. The molecule has 0 aliphatic carbocycles. The van der Waals surface area contributed by atoms with Gasteiger partial charge in [0.2, 0.25) is 0 Å². The van der Waals surface area contributed by atoms with Crippen LogP contribution in [0.5, 0.6) is 0 Å². The predicted molar refractivity (Wildman–Crippen MR) is 120 cm³/mol.